The molecular weight excluding hydrogens is 487 g/mol. The average Bonchev–Trinajstić information content (AvgIpc) is 3.55. The summed E-state index contributed by atoms with van der Waals surface area (Å²) in [4.78, 5) is 4.64. The number of rotatable bonds is 6. The van der Waals surface area contributed by atoms with E-state index in [1.807, 2.05) is 43.3 Å². The highest BCUT2D eigenvalue weighted by Crippen LogP contribution is 2.40. The van der Waals surface area contributed by atoms with E-state index in [2.05, 4.69) is 32.7 Å². The third-order valence-electron chi connectivity index (χ3n) is 6.39. The van der Waals surface area contributed by atoms with E-state index < -0.39 is 11.9 Å². The summed E-state index contributed by atoms with van der Waals surface area (Å²) in [7, 11) is 0. The Morgan fingerprint density at radius 2 is 1.89 bits per heavy atom. The standard InChI is InChI=1S/C29H23FN4O2S/c1-16(31)29(24-15-37-27-5-3-2-4-21(24)27)36-20-12-22(17-6-8-25-18(10-17)13-33-34-25)28(32-14-20)23-11-19(30)7-9-26(23)35/h2-16,29,35H,31H2,1H3,(H,33,34)/t16-,29?/m0/s1. The summed E-state index contributed by atoms with van der Waals surface area (Å²) in [5, 5.41) is 21.7. The first-order chi connectivity index (χ1) is 18.0. The van der Waals surface area contributed by atoms with Crippen LogP contribution in [0.5, 0.6) is 11.5 Å². The number of phenolic OH excluding ortho intramolecular Hbond substituents is 1. The zero-order chi connectivity index (χ0) is 25.5. The maximum Gasteiger partial charge on any atom is 0.140 e. The molecule has 0 fully saturated rings. The summed E-state index contributed by atoms with van der Waals surface area (Å²) in [6.07, 6.45) is 2.92. The summed E-state index contributed by atoms with van der Waals surface area (Å²) in [6, 6.07) is 19.4. The van der Waals surface area contributed by atoms with Crippen molar-refractivity contribution in [2.24, 2.45) is 5.73 Å². The van der Waals surface area contributed by atoms with E-state index >= 15 is 0 Å². The van der Waals surface area contributed by atoms with Crippen LogP contribution in [0.2, 0.25) is 0 Å². The predicted octanol–water partition coefficient (Wildman–Crippen LogP) is 6.82. The molecule has 3 heterocycles. The van der Waals surface area contributed by atoms with Crippen molar-refractivity contribution in [2.45, 2.75) is 19.1 Å². The fraction of sp³-hybridized carbons (Fsp3) is 0.103. The number of hydrogen-bond donors (Lipinski definition) is 3. The van der Waals surface area contributed by atoms with E-state index in [1.54, 1.807) is 23.7 Å². The number of aromatic hydroxyl groups is 1. The van der Waals surface area contributed by atoms with Crippen LogP contribution in [0.15, 0.2) is 84.5 Å². The molecule has 0 aliphatic carbocycles. The van der Waals surface area contributed by atoms with Crippen LogP contribution in [-0.2, 0) is 0 Å². The van der Waals surface area contributed by atoms with E-state index in [0.717, 1.165) is 32.1 Å². The number of hydrogen-bond acceptors (Lipinski definition) is 6. The van der Waals surface area contributed by atoms with E-state index in [-0.39, 0.29) is 11.8 Å². The van der Waals surface area contributed by atoms with Gasteiger partial charge in [-0.1, -0.05) is 24.3 Å². The number of pyridine rings is 1. The molecule has 0 radical (unpaired) electrons. The minimum atomic E-state index is -0.465. The number of nitrogens with two attached hydrogens (primary N) is 1. The van der Waals surface area contributed by atoms with Crippen molar-refractivity contribution in [3.8, 4) is 33.9 Å². The van der Waals surface area contributed by atoms with Gasteiger partial charge in [-0.3, -0.25) is 10.1 Å². The number of halogens is 1. The first-order valence-corrected chi connectivity index (χ1v) is 12.7. The minimum Gasteiger partial charge on any atom is -0.507 e. The molecule has 3 aromatic carbocycles. The van der Waals surface area contributed by atoms with Gasteiger partial charge in [0.1, 0.15) is 23.4 Å². The number of aromatic amines is 1. The third kappa shape index (κ3) is 4.30. The van der Waals surface area contributed by atoms with Crippen molar-refractivity contribution < 1.29 is 14.2 Å². The Balaban J connectivity index is 1.48. The highest BCUT2D eigenvalue weighted by atomic mass is 32.1. The van der Waals surface area contributed by atoms with Gasteiger partial charge < -0.3 is 15.6 Å². The molecule has 0 aliphatic heterocycles. The summed E-state index contributed by atoms with van der Waals surface area (Å²) in [6.45, 7) is 1.91. The molecule has 4 N–H and O–H groups in total. The van der Waals surface area contributed by atoms with Crippen molar-refractivity contribution in [1.29, 1.82) is 0 Å². The maximum atomic E-state index is 14.2. The van der Waals surface area contributed by atoms with Crippen molar-refractivity contribution in [2.75, 3.05) is 0 Å². The molecule has 0 saturated carbocycles. The van der Waals surface area contributed by atoms with E-state index in [1.165, 1.54) is 18.2 Å². The molecule has 3 aromatic heterocycles. The summed E-state index contributed by atoms with van der Waals surface area (Å²) >= 11 is 1.65. The molecule has 0 aliphatic rings. The Kier molecular flexibility index (Phi) is 5.82. The second-order valence-electron chi connectivity index (χ2n) is 8.99. The van der Waals surface area contributed by atoms with E-state index in [0.29, 0.717) is 22.6 Å². The first kappa shape index (κ1) is 23.1. The van der Waals surface area contributed by atoms with Crippen LogP contribution in [-0.4, -0.2) is 26.3 Å². The molecule has 0 saturated heterocycles. The highest BCUT2D eigenvalue weighted by molar-refractivity contribution is 7.17. The number of nitrogens with one attached hydrogen (secondary N) is 1. The summed E-state index contributed by atoms with van der Waals surface area (Å²) in [5.41, 5.74) is 10.5. The summed E-state index contributed by atoms with van der Waals surface area (Å²) in [5.74, 6) is -0.0153. The van der Waals surface area contributed by atoms with Crippen molar-refractivity contribution in [3.63, 3.8) is 0 Å². The quantitative estimate of drug-likeness (QED) is 0.228. The van der Waals surface area contributed by atoms with Crippen molar-refractivity contribution in [3.05, 3.63) is 95.9 Å². The number of fused-ring (bicyclic) bond motifs is 2. The minimum absolute atomic E-state index is 0.0635. The maximum absolute atomic E-state index is 14.2. The average molecular weight is 511 g/mol. The van der Waals surface area contributed by atoms with Gasteiger partial charge in [0.15, 0.2) is 0 Å². The summed E-state index contributed by atoms with van der Waals surface area (Å²) < 4.78 is 21.8. The van der Waals surface area contributed by atoms with Crippen molar-refractivity contribution >= 4 is 32.3 Å². The molecule has 6 rings (SSSR count). The van der Waals surface area contributed by atoms with E-state index in [4.69, 9.17) is 10.5 Å². The van der Waals surface area contributed by atoms with Gasteiger partial charge in [-0.05, 0) is 65.7 Å². The molecule has 8 heteroatoms. The number of thiophene rings is 1. The molecule has 2 atom stereocenters. The molecule has 184 valence electrons. The van der Waals surface area contributed by atoms with Gasteiger partial charge in [0.05, 0.1) is 23.6 Å². The Hall–Kier alpha value is -4.27. The molecule has 0 spiro atoms. The zero-order valence-electron chi connectivity index (χ0n) is 19.9. The number of H-pyrrole nitrogens is 1. The molecule has 0 amide bonds. The monoisotopic (exact) mass is 510 g/mol. The van der Waals surface area contributed by atoms with Gasteiger partial charge in [0, 0.05) is 32.8 Å². The number of ether oxygens (including phenoxy) is 1. The van der Waals surface area contributed by atoms with Gasteiger partial charge in [-0.15, -0.1) is 11.3 Å². The normalized spacial score (nSPS) is 13.2. The molecule has 6 nitrogen and oxygen atoms in total. The molecular formula is C29H23FN4O2S. The van der Waals surface area contributed by atoms with Gasteiger partial charge in [-0.2, -0.15) is 5.10 Å². The highest BCUT2D eigenvalue weighted by Gasteiger charge is 2.23. The molecule has 1 unspecified atom stereocenters. The lowest BCUT2D eigenvalue weighted by atomic mass is 9.97. The van der Waals surface area contributed by atoms with Crippen molar-refractivity contribution in [1.82, 2.24) is 15.2 Å². The molecule has 0 bridgehead atoms. The fourth-order valence-electron chi connectivity index (χ4n) is 4.57. The van der Waals surface area contributed by atoms with Crippen LogP contribution in [0, 0.1) is 5.82 Å². The zero-order valence-corrected chi connectivity index (χ0v) is 20.7. The van der Waals surface area contributed by atoms with Gasteiger partial charge in [0.25, 0.3) is 0 Å². The Labute approximate surface area is 216 Å². The number of phenols is 1. The van der Waals surface area contributed by atoms with Crippen LogP contribution in [0.25, 0.3) is 43.4 Å². The van der Waals surface area contributed by atoms with Gasteiger partial charge in [0.2, 0.25) is 0 Å². The Morgan fingerprint density at radius 3 is 2.76 bits per heavy atom. The van der Waals surface area contributed by atoms with Crippen LogP contribution in [0.1, 0.15) is 18.6 Å². The predicted molar refractivity (Wildman–Crippen MR) is 145 cm³/mol. The molecule has 6 aromatic rings. The lowest BCUT2D eigenvalue weighted by Gasteiger charge is -2.23. The third-order valence-corrected chi connectivity index (χ3v) is 7.37. The second kappa shape index (κ2) is 9.31. The van der Waals surface area contributed by atoms with E-state index in [9.17, 15) is 9.50 Å². The Morgan fingerprint density at radius 1 is 1.03 bits per heavy atom. The van der Waals surface area contributed by atoms with Crippen LogP contribution in [0.4, 0.5) is 4.39 Å². The van der Waals surface area contributed by atoms with Crippen LogP contribution >= 0.6 is 11.3 Å². The van der Waals surface area contributed by atoms with Gasteiger partial charge in [-0.25, -0.2) is 4.39 Å². The lowest BCUT2D eigenvalue weighted by Crippen LogP contribution is -2.29. The topological polar surface area (TPSA) is 97.0 Å². The van der Waals surface area contributed by atoms with Gasteiger partial charge >= 0.3 is 0 Å². The van der Waals surface area contributed by atoms with Crippen LogP contribution < -0.4 is 10.5 Å². The SMILES string of the molecule is C[C@H](N)C(Oc1cnc(-c2cc(F)ccc2O)c(-c2ccc3[nH]ncc3c2)c1)c1csc2ccccc12. The lowest BCUT2D eigenvalue weighted by molar-refractivity contribution is 0.182. The number of nitrogens with zero attached hydrogens (tertiary/aromatic N) is 2. The smallest absolute Gasteiger partial charge is 0.140 e. The second-order valence-corrected chi connectivity index (χ2v) is 9.90. The first-order valence-electron chi connectivity index (χ1n) is 11.8. The number of benzene rings is 3. The fourth-order valence-corrected chi connectivity index (χ4v) is 5.56. The Bertz CT molecular complexity index is 1740. The van der Waals surface area contributed by atoms with Crippen LogP contribution in [0.3, 0.4) is 0 Å². The number of aromatic nitrogens is 3. The molecule has 37 heavy (non-hydrogen) atoms. The largest absolute Gasteiger partial charge is 0.507 e.